The molecule has 7 heavy (non-hydrogen) atoms. The van der Waals surface area contributed by atoms with Crippen LogP contribution in [0.15, 0.2) is 10.4 Å². The molecule has 1 heterocycles. The van der Waals surface area contributed by atoms with Gasteiger partial charge in [0.15, 0.2) is 0 Å². The number of hydrogen-bond donors (Lipinski definition) is 1. The zero-order valence-electron chi connectivity index (χ0n) is 4.15. The first-order valence-electron chi connectivity index (χ1n) is 2.48. The van der Waals surface area contributed by atoms with Gasteiger partial charge in [-0.3, -0.25) is 0 Å². The summed E-state index contributed by atoms with van der Waals surface area (Å²) < 4.78 is 1.46. The van der Waals surface area contributed by atoms with E-state index >= 15 is 0 Å². The molecule has 0 amide bonds. The van der Waals surface area contributed by atoms with Crippen LogP contribution in [0.3, 0.4) is 0 Å². The normalized spacial score (nSPS) is 21.4. The van der Waals surface area contributed by atoms with Gasteiger partial charge in [-0.2, -0.15) is 0 Å². The fraction of sp³-hybridized carbons (Fsp3) is 0.600. The van der Waals surface area contributed by atoms with Crippen LogP contribution in [0.5, 0.6) is 0 Å². The second-order valence-electron chi connectivity index (χ2n) is 1.65. The molecule has 0 saturated carbocycles. The standard InChI is InChI=1S/C5H8N.V/c1-2-4-6-5-3-1;/h2,6H,3-5H2;. The van der Waals surface area contributed by atoms with E-state index in [2.05, 4.69) is 28.8 Å². The van der Waals surface area contributed by atoms with Crippen LogP contribution in [0.1, 0.15) is 6.42 Å². The molecule has 0 radical (unpaired) electrons. The van der Waals surface area contributed by atoms with E-state index in [-0.39, 0.29) is 0 Å². The van der Waals surface area contributed by atoms with Crippen LogP contribution in [0, 0.1) is 0 Å². The monoisotopic (exact) mass is 133 g/mol. The van der Waals surface area contributed by atoms with E-state index in [1.54, 1.807) is 0 Å². The van der Waals surface area contributed by atoms with E-state index in [9.17, 15) is 0 Å². The summed E-state index contributed by atoms with van der Waals surface area (Å²) in [6.45, 7) is 2.21. The van der Waals surface area contributed by atoms with Crippen LogP contribution in [0.25, 0.3) is 0 Å². The molecule has 1 aliphatic heterocycles. The van der Waals surface area contributed by atoms with Gasteiger partial charge in [0.25, 0.3) is 0 Å². The van der Waals surface area contributed by atoms with Gasteiger partial charge in [0.2, 0.25) is 0 Å². The molecule has 1 N–H and O–H groups in total. The third-order valence-electron chi connectivity index (χ3n) is 1.04. The van der Waals surface area contributed by atoms with Gasteiger partial charge in [-0.05, 0) is 0 Å². The van der Waals surface area contributed by atoms with Gasteiger partial charge in [-0.25, -0.2) is 0 Å². The van der Waals surface area contributed by atoms with Crippen molar-refractivity contribution in [2.24, 2.45) is 0 Å². The summed E-state index contributed by atoms with van der Waals surface area (Å²) in [4.78, 5) is 0. The summed E-state index contributed by atoms with van der Waals surface area (Å²) >= 11 is 2.59. The summed E-state index contributed by atoms with van der Waals surface area (Å²) in [7, 11) is 0. The molecule has 1 rings (SSSR count). The van der Waals surface area contributed by atoms with Crippen molar-refractivity contribution in [2.45, 2.75) is 6.42 Å². The van der Waals surface area contributed by atoms with Crippen molar-refractivity contribution in [3.8, 4) is 0 Å². The molecule has 0 unspecified atom stereocenters. The molecule has 1 nitrogen and oxygen atoms in total. The number of rotatable bonds is 0. The Kier molecular flexibility index (Phi) is 1.98. The zero-order chi connectivity index (χ0) is 5.11. The van der Waals surface area contributed by atoms with E-state index in [0.717, 1.165) is 13.1 Å². The van der Waals surface area contributed by atoms with Crippen LogP contribution < -0.4 is 5.32 Å². The van der Waals surface area contributed by atoms with Gasteiger partial charge in [-0.15, -0.1) is 0 Å². The molecule has 0 atom stereocenters. The van der Waals surface area contributed by atoms with Crippen molar-refractivity contribution in [3.63, 3.8) is 0 Å². The Hall–Kier alpha value is 0.284. The van der Waals surface area contributed by atoms with Crippen LogP contribution in [0.4, 0.5) is 0 Å². The third-order valence-corrected chi connectivity index (χ3v) is 1.67. The molecule has 0 fully saturated rings. The molecular formula is C5H8NV. The van der Waals surface area contributed by atoms with Crippen LogP contribution in [-0.2, 0) is 17.4 Å². The summed E-state index contributed by atoms with van der Waals surface area (Å²) in [6.07, 6.45) is 3.42. The van der Waals surface area contributed by atoms with Crippen LogP contribution in [0.2, 0.25) is 0 Å². The zero-order valence-corrected chi connectivity index (χ0v) is 5.54. The first-order chi connectivity index (χ1) is 3.39. The number of hydrogen-bond acceptors (Lipinski definition) is 1. The van der Waals surface area contributed by atoms with Crippen molar-refractivity contribution >= 4 is 0 Å². The minimum atomic E-state index is 1.06. The third kappa shape index (κ3) is 1.68. The van der Waals surface area contributed by atoms with Crippen molar-refractivity contribution in [1.82, 2.24) is 5.32 Å². The Bertz CT molecular complexity index is 88.1. The Morgan fingerprint density at radius 3 is 2.86 bits per heavy atom. The molecule has 38 valence electrons. The first kappa shape index (κ1) is 5.42. The topological polar surface area (TPSA) is 12.0 Å². The van der Waals surface area contributed by atoms with Crippen molar-refractivity contribution < 1.29 is 17.4 Å². The summed E-state index contributed by atoms with van der Waals surface area (Å²) in [6, 6.07) is 0. The van der Waals surface area contributed by atoms with Gasteiger partial charge in [-0.1, -0.05) is 0 Å². The second-order valence-corrected chi connectivity index (χ2v) is 2.55. The predicted molar refractivity (Wildman–Crippen MR) is 25.6 cm³/mol. The quantitative estimate of drug-likeness (QED) is 0.504. The van der Waals surface area contributed by atoms with Crippen LogP contribution >= 0.6 is 0 Å². The Morgan fingerprint density at radius 2 is 2.57 bits per heavy atom. The molecule has 0 spiro atoms. The molecule has 0 aliphatic carbocycles. The van der Waals surface area contributed by atoms with Gasteiger partial charge >= 0.3 is 52.6 Å². The molecule has 1 aliphatic rings. The van der Waals surface area contributed by atoms with E-state index < -0.39 is 0 Å². The molecule has 0 aromatic carbocycles. The van der Waals surface area contributed by atoms with Crippen LogP contribution in [-0.4, -0.2) is 13.1 Å². The van der Waals surface area contributed by atoms with E-state index in [1.165, 1.54) is 10.7 Å². The number of nitrogens with one attached hydrogen (secondary N) is 1. The van der Waals surface area contributed by atoms with Gasteiger partial charge in [0, 0.05) is 0 Å². The second kappa shape index (κ2) is 2.56. The van der Waals surface area contributed by atoms with Gasteiger partial charge < -0.3 is 0 Å². The Morgan fingerprint density at radius 1 is 1.71 bits per heavy atom. The first-order valence-corrected chi connectivity index (χ1v) is 3.18. The fourth-order valence-corrected chi connectivity index (χ4v) is 0.928. The maximum absolute atomic E-state index is 3.23. The van der Waals surface area contributed by atoms with Crippen molar-refractivity contribution in [2.75, 3.05) is 13.1 Å². The van der Waals surface area contributed by atoms with E-state index in [4.69, 9.17) is 0 Å². The summed E-state index contributed by atoms with van der Waals surface area (Å²) in [5.74, 6) is 0. The molecule has 0 bridgehead atoms. The van der Waals surface area contributed by atoms with Crippen molar-refractivity contribution in [3.05, 3.63) is 10.4 Å². The Labute approximate surface area is 53.1 Å². The maximum atomic E-state index is 3.23. The summed E-state index contributed by atoms with van der Waals surface area (Å²) in [5.41, 5.74) is 0. The van der Waals surface area contributed by atoms with E-state index in [0.29, 0.717) is 0 Å². The molecule has 0 saturated heterocycles. The minimum absolute atomic E-state index is 1.06. The average Bonchev–Trinajstić information content (AvgIpc) is 1.69. The summed E-state index contributed by atoms with van der Waals surface area (Å²) in [5, 5.41) is 3.23. The van der Waals surface area contributed by atoms with Crippen molar-refractivity contribution in [1.29, 1.82) is 0 Å². The fourth-order valence-electron chi connectivity index (χ4n) is 0.611. The predicted octanol–water partition coefficient (Wildman–Crippen LogP) is 0.410. The molecule has 0 aromatic heterocycles. The van der Waals surface area contributed by atoms with E-state index in [1.807, 2.05) is 0 Å². The Balaban J connectivity index is 2.40. The molecular weight excluding hydrogens is 125 g/mol. The SMILES string of the molecule is [V][C]1=CCNCC1. The molecule has 0 aromatic rings. The van der Waals surface area contributed by atoms with Gasteiger partial charge in [0.1, 0.15) is 0 Å². The average molecular weight is 133 g/mol. The van der Waals surface area contributed by atoms with Gasteiger partial charge in [0.05, 0.1) is 0 Å². The molecule has 2 heteroatoms.